The third kappa shape index (κ3) is 3.06. The van der Waals surface area contributed by atoms with Gasteiger partial charge in [0.2, 0.25) is 0 Å². The molecule has 1 heterocycles. The van der Waals surface area contributed by atoms with Crippen molar-refractivity contribution in [1.82, 2.24) is 4.98 Å². The number of fused-ring (bicyclic) bond motifs is 1. The van der Waals surface area contributed by atoms with Crippen LogP contribution in [0.15, 0.2) is 24.3 Å². The third-order valence-corrected chi connectivity index (χ3v) is 2.91. The molecule has 0 aliphatic heterocycles. The molecule has 102 valence electrons. The van der Waals surface area contributed by atoms with Crippen molar-refractivity contribution in [3.8, 4) is 5.75 Å². The molecule has 0 fully saturated rings. The van der Waals surface area contributed by atoms with E-state index >= 15 is 0 Å². The maximum absolute atomic E-state index is 11.5. The first-order valence-electron chi connectivity index (χ1n) is 6.22. The first-order valence-corrected chi connectivity index (χ1v) is 6.22. The second kappa shape index (κ2) is 5.75. The van der Waals surface area contributed by atoms with Crippen LogP contribution < -0.4 is 10.5 Å². The van der Waals surface area contributed by atoms with Gasteiger partial charge in [-0.25, -0.2) is 0 Å². The van der Waals surface area contributed by atoms with Gasteiger partial charge in [0.15, 0.2) is 0 Å². The number of hydrogen-bond acceptors (Lipinski definition) is 4. The van der Waals surface area contributed by atoms with E-state index in [1.54, 1.807) is 14.0 Å². The van der Waals surface area contributed by atoms with Crippen molar-refractivity contribution >= 4 is 16.9 Å². The lowest BCUT2D eigenvalue weighted by Crippen LogP contribution is -2.34. The van der Waals surface area contributed by atoms with Gasteiger partial charge in [0.05, 0.1) is 13.7 Å². The second-order valence-electron chi connectivity index (χ2n) is 4.31. The molecule has 5 nitrogen and oxygen atoms in total. The van der Waals surface area contributed by atoms with Crippen molar-refractivity contribution in [2.75, 3.05) is 13.7 Å². The highest BCUT2D eigenvalue weighted by molar-refractivity contribution is 5.82. The summed E-state index contributed by atoms with van der Waals surface area (Å²) in [6.07, 6.45) is 0.426. The fourth-order valence-electron chi connectivity index (χ4n) is 1.98. The molecule has 0 aliphatic carbocycles. The minimum absolute atomic E-state index is 0.344. The summed E-state index contributed by atoms with van der Waals surface area (Å²) in [5.74, 6) is 0.423. The van der Waals surface area contributed by atoms with Gasteiger partial charge in [-0.1, -0.05) is 0 Å². The van der Waals surface area contributed by atoms with Crippen LogP contribution in [0, 0.1) is 0 Å². The molecule has 0 saturated carbocycles. The standard InChI is InChI=1S/C14H18N2O3/c1-3-19-14(17)12(15)8-10-6-9-7-11(18-2)4-5-13(9)16-10/h4-7,12,16H,3,8,15H2,1-2H3. The van der Waals surface area contributed by atoms with Gasteiger partial charge >= 0.3 is 5.97 Å². The number of nitrogens with one attached hydrogen (secondary N) is 1. The summed E-state index contributed by atoms with van der Waals surface area (Å²) < 4.78 is 10.1. The van der Waals surface area contributed by atoms with E-state index in [1.807, 2.05) is 24.3 Å². The summed E-state index contributed by atoms with van der Waals surface area (Å²) >= 11 is 0. The number of aromatic nitrogens is 1. The van der Waals surface area contributed by atoms with Crippen LogP contribution in [0.1, 0.15) is 12.6 Å². The fourth-order valence-corrected chi connectivity index (χ4v) is 1.98. The number of H-pyrrole nitrogens is 1. The zero-order chi connectivity index (χ0) is 13.8. The molecule has 0 aliphatic rings. The second-order valence-corrected chi connectivity index (χ2v) is 4.31. The molecule has 0 saturated heterocycles. The molecule has 5 heteroatoms. The molecule has 0 spiro atoms. The number of benzene rings is 1. The lowest BCUT2D eigenvalue weighted by Gasteiger charge is -2.08. The number of rotatable bonds is 5. The number of methoxy groups -OCH3 is 1. The normalized spacial score (nSPS) is 12.4. The van der Waals surface area contributed by atoms with E-state index in [4.69, 9.17) is 15.2 Å². The molecule has 1 aromatic heterocycles. The van der Waals surface area contributed by atoms with Crippen LogP contribution in [0.4, 0.5) is 0 Å². The van der Waals surface area contributed by atoms with E-state index in [-0.39, 0.29) is 5.97 Å². The van der Waals surface area contributed by atoms with Gasteiger partial charge in [0, 0.05) is 23.0 Å². The molecular formula is C14H18N2O3. The van der Waals surface area contributed by atoms with Crippen molar-refractivity contribution in [2.45, 2.75) is 19.4 Å². The first-order chi connectivity index (χ1) is 9.13. The SMILES string of the molecule is CCOC(=O)C(N)Cc1cc2cc(OC)ccc2[nH]1. The average molecular weight is 262 g/mol. The predicted octanol–water partition coefficient (Wildman–Crippen LogP) is 1.61. The van der Waals surface area contributed by atoms with E-state index in [2.05, 4.69) is 4.98 Å². The molecule has 1 atom stereocenters. The lowest BCUT2D eigenvalue weighted by atomic mass is 10.1. The van der Waals surface area contributed by atoms with Gasteiger partial charge < -0.3 is 20.2 Å². The predicted molar refractivity (Wildman–Crippen MR) is 73.2 cm³/mol. The Morgan fingerprint density at radius 2 is 2.21 bits per heavy atom. The van der Waals surface area contributed by atoms with Crippen LogP contribution in [0.5, 0.6) is 5.75 Å². The van der Waals surface area contributed by atoms with Gasteiger partial charge in [-0.05, 0) is 31.2 Å². The third-order valence-electron chi connectivity index (χ3n) is 2.91. The van der Waals surface area contributed by atoms with Gasteiger partial charge in [-0.15, -0.1) is 0 Å². The largest absolute Gasteiger partial charge is 0.497 e. The summed E-state index contributed by atoms with van der Waals surface area (Å²) in [5, 5.41) is 1.03. The number of nitrogens with two attached hydrogens (primary N) is 1. The van der Waals surface area contributed by atoms with Crippen molar-refractivity contribution in [2.24, 2.45) is 5.73 Å². The number of ether oxygens (including phenoxy) is 2. The maximum atomic E-state index is 11.5. The lowest BCUT2D eigenvalue weighted by molar-refractivity contribution is -0.144. The molecule has 3 N–H and O–H groups in total. The Morgan fingerprint density at radius 3 is 2.89 bits per heavy atom. The molecule has 0 amide bonds. The van der Waals surface area contributed by atoms with Crippen molar-refractivity contribution < 1.29 is 14.3 Å². The molecule has 2 rings (SSSR count). The van der Waals surface area contributed by atoms with Gasteiger partial charge in [0.1, 0.15) is 11.8 Å². The summed E-state index contributed by atoms with van der Waals surface area (Å²) in [4.78, 5) is 14.7. The fraction of sp³-hybridized carbons (Fsp3) is 0.357. The van der Waals surface area contributed by atoms with Gasteiger partial charge in [-0.2, -0.15) is 0 Å². The molecule has 19 heavy (non-hydrogen) atoms. The quantitative estimate of drug-likeness (QED) is 0.802. The van der Waals surface area contributed by atoms with Gasteiger partial charge in [0.25, 0.3) is 0 Å². The molecule has 0 radical (unpaired) electrons. The van der Waals surface area contributed by atoms with E-state index in [1.165, 1.54) is 0 Å². The van der Waals surface area contributed by atoms with Crippen molar-refractivity contribution in [3.05, 3.63) is 30.0 Å². The smallest absolute Gasteiger partial charge is 0.323 e. The molecule has 2 aromatic rings. The average Bonchev–Trinajstić information content (AvgIpc) is 2.79. The molecule has 0 bridgehead atoms. The Kier molecular flexibility index (Phi) is 4.06. The summed E-state index contributed by atoms with van der Waals surface area (Å²) in [6, 6.07) is 7.08. The van der Waals surface area contributed by atoms with E-state index in [9.17, 15) is 4.79 Å². The summed E-state index contributed by atoms with van der Waals surface area (Å²) in [6.45, 7) is 2.11. The molecular weight excluding hydrogens is 244 g/mol. The Hall–Kier alpha value is -2.01. The van der Waals surface area contributed by atoms with Gasteiger partial charge in [-0.3, -0.25) is 4.79 Å². The first kappa shape index (κ1) is 13.4. The minimum Gasteiger partial charge on any atom is -0.497 e. The number of esters is 1. The topological polar surface area (TPSA) is 77.3 Å². The highest BCUT2D eigenvalue weighted by atomic mass is 16.5. The summed E-state index contributed by atoms with van der Waals surface area (Å²) in [5.41, 5.74) is 7.69. The zero-order valence-corrected chi connectivity index (χ0v) is 11.1. The van der Waals surface area contributed by atoms with Crippen LogP contribution in [0.25, 0.3) is 10.9 Å². The van der Waals surface area contributed by atoms with Crippen molar-refractivity contribution in [1.29, 1.82) is 0 Å². The van der Waals surface area contributed by atoms with Crippen LogP contribution >= 0.6 is 0 Å². The maximum Gasteiger partial charge on any atom is 0.323 e. The monoisotopic (exact) mass is 262 g/mol. The van der Waals surface area contributed by atoms with E-state index in [0.29, 0.717) is 13.0 Å². The molecule has 1 unspecified atom stereocenters. The highest BCUT2D eigenvalue weighted by Gasteiger charge is 2.16. The highest BCUT2D eigenvalue weighted by Crippen LogP contribution is 2.21. The van der Waals surface area contributed by atoms with Crippen LogP contribution in [0.2, 0.25) is 0 Å². The number of hydrogen-bond donors (Lipinski definition) is 2. The van der Waals surface area contributed by atoms with Crippen molar-refractivity contribution in [3.63, 3.8) is 0 Å². The Labute approximate surface area is 111 Å². The number of aromatic amines is 1. The van der Waals surface area contributed by atoms with Crippen LogP contribution in [-0.2, 0) is 16.0 Å². The summed E-state index contributed by atoms with van der Waals surface area (Å²) in [7, 11) is 1.63. The Balaban J connectivity index is 2.15. The molecule has 1 aromatic carbocycles. The minimum atomic E-state index is -0.644. The van der Waals surface area contributed by atoms with E-state index in [0.717, 1.165) is 22.3 Å². The number of carbonyl (C=O) groups is 1. The Morgan fingerprint density at radius 1 is 1.42 bits per heavy atom. The van der Waals surface area contributed by atoms with Crippen LogP contribution in [-0.4, -0.2) is 30.7 Å². The number of carbonyl (C=O) groups excluding carboxylic acids is 1. The van der Waals surface area contributed by atoms with E-state index < -0.39 is 6.04 Å². The zero-order valence-electron chi connectivity index (χ0n) is 11.1. The Bertz CT molecular complexity index is 577. The van der Waals surface area contributed by atoms with Crippen LogP contribution in [0.3, 0.4) is 0 Å².